The highest BCUT2D eigenvalue weighted by molar-refractivity contribution is 5.93. The molecule has 0 radical (unpaired) electrons. The standard InChI is InChI=1S/C15H27N5O7/c1-8(17)13(24)20-9(4-2-3-5-16)14(25)18-7-11(21)19-10(15(26)27)6-12(22)23/h8-10H,2-7,16-17H2,1H3,(H,18,25)(H,19,21)(H,20,24)(H,22,23)(H,26,27). The fourth-order valence-corrected chi connectivity index (χ4v) is 1.98. The fourth-order valence-electron chi connectivity index (χ4n) is 1.98. The second-order valence-electron chi connectivity index (χ2n) is 5.91. The Balaban J connectivity index is 4.71. The first-order valence-electron chi connectivity index (χ1n) is 8.36. The minimum absolute atomic E-state index is 0.278. The van der Waals surface area contributed by atoms with Crippen LogP contribution in [0.4, 0.5) is 0 Å². The van der Waals surface area contributed by atoms with E-state index in [1.165, 1.54) is 6.92 Å². The number of hydrogen-bond donors (Lipinski definition) is 7. The minimum Gasteiger partial charge on any atom is -0.481 e. The van der Waals surface area contributed by atoms with Crippen LogP contribution in [0.5, 0.6) is 0 Å². The molecule has 0 saturated carbocycles. The van der Waals surface area contributed by atoms with Gasteiger partial charge in [0, 0.05) is 0 Å². The second-order valence-corrected chi connectivity index (χ2v) is 5.91. The Morgan fingerprint density at radius 1 is 0.963 bits per heavy atom. The van der Waals surface area contributed by atoms with Gasteiger partial charge in [-0.3, -0.25) is 19.2 Å². The third-order valence-electron chi connectivity index (χ3n) is 3.43. The first kappa shape index (κ1) is 24.3. The molecule has 0 spiro atoms. The zero-order chi connectivity index (χ0) is 21.0. The summed E-state index contributed by atoms with van der Waals surface area (Å²) in [4.78, 5) is 57.2. The van der Waals surface area contributed by atoms with E-state index in [4.69, 9.17) is 21.7 Å². The lowest BCUT2D eigenvalue weighted by Gasteiger charge is -2.20. The molecule has 0 aliphatic carbocycles. The van der Waals surface area contributed by atoms with Crippen molar-refractivity contribution in [3.05, 3.63) is 0 Å². The number of carboxylic acids is 2. The van der Waals surface area contributed by atoms with Crippen LogP contribution >= 0.6 is 0 Å². The molecule has 0 rings (SSSR count). The van der Waals surface area contributed by atoms with Crippen LogP contribution in [-0.4, -0.2) is 71.1 Å². The number of aliphatic carboxylic acids is 2. The Labute approximate surface area is 156 Å². The maximum absolute atomic E-state index is 12.2. The predicted octanol–water partition coefficient (Wildman–Crippen LogP) is -2.89. The molecule has 0 aliphatic heterocycles. The molecular formula is C15H27N5O7. The highest BCUT2D eigenvalue weighted by Gasteiger charge is 2.25. The van der Waals surface area contributed by atoms with E-state index in [9.17, 15) is 24.0 Å². The fraction of sp³-hybridized carbons (Fsp3) is 0.667. The van der Waals surface area contributed by atoms with Crippen LogP contribution in [0.2, 0.25) is 0 Å². The van der Waals surface area contributed by atoms with Gasteiger partial charge < -0.3 is 37.6 Å². The molecule has 0 aromatic rings. The molecule has 3 unspecified atom stereocenters. The lowest BCUT2D eigenvalue weighted by molar-refractivity contribution is -0.147. The largest absolute Gasteiger partial charge is 0.481 e. The quantitative estimate of drug-likeness (QED) is 0.161. The number of carboxylic acid groups (broad SMARTS) is 2. The first-order chi connectivity index (χ1) is 12.6. The van der Waals surface area contributed by atoms with E-state index in [1.54, 1.807) is 0 Å². The van der Waals surface area contributed by atoms with Gasteiger partial charge in [0.05, 0.1) is 19.0 Å². The van der Waals surface area contributed by atoms with Gasteiger partial charge in [0.2, 0.25) is 17.7 Å². The van der Waals surface area contributed by atoms with Crippen molar-refractivity contribution in [2.75, 3.05) is 13.1 Å². The molecule has 12 nitrogen and oxygen atoms in total. The molecule has 0 fully saturated rings. The van der Waals surface area contributed by atoms with Gasteiger partial charge in [-0.05, 0) is 32.7 Å². The normalized spacial score (nSPS) is 13.7. The zero-order valence-corrected chi connectivity index (χ0v) is 15.1. The summed E-state index contributed by atoms with van der Waals surface area (Å²) in [5.74, 6) is -4.98. The van der Waals surface area contributed by atoms with Crippen molar-refractivity contribution in [2.45, 2.75) is 50.7 Å². The van der Waals surface area contributed by atoms with Gasteiger partial charge in [0.25, 0.3) is 0 Å². The average molecular weight is 389 g/mol. The van der Waals surface area contributed by atoms with Gasteiger partial charge in [0.15, 0.2) is 0 Å². The zero-order valence-electron chi connectivity index (χ0n) is 15.1. The summed E-state index contributed by atoms with van der Waals surface area (Å²) in [5.41, 5.74) is 10.8. The summed E-state index contributed by atoms with van der Waals surface area (Å²) in [6.45, 7) is 1.29. The lowest BCUT2D eigenvalue weighted by atomic mass is 10.1. The van der Waals surface area contributed by atoms with Crippen LogP contribution in [0.15, 0.2) is 0 Å². The van der Waals surface area contributed by atoms with Crippen molar-refractivity contribution in [1.82, 2.24) is 16.0 Å². The number of nitrogens with one attached hydrogen (secondary N) is 3. The maximum Gasteiger partial charge on any atom is 0.326 e. The Hall–Kier alpha value is -2.73. The number of rotatable bonds is 13. The molecule has 9 N–H and O–H groups in total. The third-order valence-corrected chi connectivity index (χ3v) is 3.43. The van der Waals surface area contributed by atoms with Crippen molar-refractivity contribution in [2.24, 2.45) is 11.5 Å². The summed E-state index contributed by atoms with van der Waals surface area (Å²) in [6, 6.07) is -3.38. The third kappa shape index (κ3) is 10.8. The van der Waals surface area contributed by atoms with E-state index in [0.717, 1.165) is 0 Å². The van der Waals surface area contributed by atoms with Gasteiger partial charge in [-0.25, -0.2) is 4.79 Å². The number of hydrogen-bond acceptors (Lipinski definition) is 7. The molecule has 3 amide bonds. The van der Waals surface area contributed by atoms with Crippen molar-refractivity contribution >= 4 is 29.7 Å². The van der Waals surface area contributed by atoms with Crippen LogP contribution in [0.25, 0.3) is 0 Å². The predicted molar refractivity (Wildman–Crippen MR) is 93.3 cm³/mol. The summed E-state index contributed by atoms with van der Waals surface area (Å²) in [5, 5.41) is 24.2. The first-order valence-corrected chi connectivity index (χ1v) is 8.36. The molecule has 0 saturated heterocycles. The molecule has 0 aliphatic rings. The number of carbonyl (C=O) groups is 5. The highest BCUT2D eigenvalue weighted by atomic mass is 16.4. The van der Waals surface area contributed by atoms with Crippen LogP contribution in [0.3, 0.4) is 0 Å². The van der Waals surface area contributed by atoms with Crippen molar-refractivity contribution in [1.29, 1.82) is 0 Å². The van der Waals surface area contributed by atoms with Gasteiger partial charge in [-0.15, -0.1) is 0 Å². The highest BCUT2D eigenvalue weighted by Crippen LogP contribution is 2.01. The van der Waals surface area contributed by atoms with Gasteiger partial charge in [-0.2, -0.15) is 0 Å². The van der Waals surface area contributed by atoms with Crippen LogP contribution in [0, 0.1) is 0 Å². The van der Waals surface area contributed by atoms with Gasteiger partial charge in [0.1, 0.15) is 12.1 Å². The maximum atomic E-state index is 12.2. The van der Waals surface area contributed by atoms with Crippen molar-refractivity contribution < 1.29 is 34.2 Å². The van der Waals surface area contributed by atoms with Crippen LogP contribution < -0.4 is 27.4 Å². The monoisotopic (exact) mass is 389 g/mol. The van der Waals surface area contributed by atoms with E-state index in [2.05, 4.69) is 10.6 Å². The molecular weight excluding hydrogens is 362 g/mol. The molecule has 154 valence electrons. The van der Waals surface area contributed by atoms with E-state index in [-0.39, 0.29) is 6.42 Å². The SMILES string of the molecule is CC(N)C(=O)NC(CCCCN)C(=O)NCC(=O)NC(CC(=O)O)C(=O)O. The summed E-state index contributed by atoms with van der Waals surface area (Å²) >= 11 is 0. The number of unbranched alkanes of at least 4 members (excludes halogenated alkanes) is 1. The molecule has 3 atom stereocenters. The van der Waals surface area contributed by atoms with E-state index in [0.29, 0.717) is 19.4 Å². The van der Waals surface area contributed by atoms with Crippen LogP contribution in [-0.2, 0) is 24.0 Å². The van der Waals surface area contributed by atoms with Gasteiger partial charge in [-0.1, -0.05) is 0 Å². The minimum atomic E-state index is -1.62. The number of carbonyl (C=O) groups excluding carboxylic acids is 3. The Morgan fingerprint density at radius 3 is 2.07 bits per heavy atom. The topological polar surface area (TPSA) is 214 Å². The van der Waals surface area contributed by atoms with Crippen LogP contribution in [0.1, 0.15) is 32.6 Å². The van der Waals surface area contributed by atoms with Gasteiger partial charge >= 0.3 is 11.9 Å². The average Bonchev–Trinajstić information content (AvgIpc) is 2.57. The number of amides is 3. The summed E-state index contributed by atoms with van der Waals surface area (Å²) in [7, 11) is 0. The van der Waals surface area contributed by atoms with E-state index >= 15 is 0 Å². The van der Waals surface area contributed by atoms with E-state index in [1.807, 2.05) is 5.32 Å². The van der Waals surface area contributed by atoms with Crippen molar-refractivity contribution in [3.8, 4) is 0 Å². The molecule has 27 heavy (non-hydrogen) atoms. The molecule has 12 heteroatoms. The molecule has 0 aromatic heterocycles. The van der Waals surface area contributed by atoms with Crippen molar-refractivity contribution in [3.63, 3.8) is 0 Å². The second kappa shape index (κ2) is 12.6. The molecule has 0 aromatic carbocycles. The summed E-state index contributed by atoms with van der Waals surface area (Å²) < 4.78 is 0. The lowest BCUT2D eigenvalue weighted by Crippen LogP contribution is -2.53. The number of nitrogens with two attached hydrogens (primary N) is 2. The Bertz CT molecular complexity index is 553. The molecule has 0 bridgehead atoms. The summed E-state index contributed by atoms with van der Waals surface area (Å²) in [6.07, 6.45) is 0.661. The Kier molecular flexibility index (Phi) is 11.3. The Morgan fingerprint density at radius 2 is 1.59 bits per heavy atom. The van der Waals surface area contributed by atoms with E-state index < -0.39 is 60.8 Å². The smallest absolute Gasteiger partial charge is 0.326 e. The molecule has 0 heterocycles.